The van der Waals surface area contributed by atoms with Crippen LogP contribution in [0.5, 0.6) is 0 Å². The first-order chi connectivity index (χ1) is 69.3. The molecule has 3 atom stereocenters. The summed E-state index contributed by atoms with van der Waals surface area (Å²) < 4.78 is 211. The standard InChI is InChI=1S/3C26H29N2O.C13H12N.C12H10N.C11H8N.3Ir/c3*1-14(2)18-10-11-27-22(13-18)20-9-8-19(15(3)4)23-24-21(16(5)6)12-17(7)28-26(24)29-25(20)23;1-10-8-13(14-9-11(10)2)12-6-4-3-5-7-12;1-10-7-8-12(13-9-10)11-5-3-2-4-6-11;1-2-6-10(7-3-1)11-8-4-5-9-12-11;;;/h3*8,10-16H,1-7H3;3-6,8-9H,1-2H3;2-5,7-9H,1H3;1-6,8-9H;;;/q6*-1;;;/i3*1D3,14D,15D,16D;2D3;1D3;;;;. The molecule has 18 aromatic rings. The van der Waals surface area contributed by atoms with Gasteiger partial charge >= 0.3 is 0 Å². The molecule has 0 aliphatic heterocycles. The van der Waals surface area contributed by atoms with E-state index in [9.17, 15) is 0 Å². The first kappa shape index (κ1) is 70.9. The number of nitrogens with zero attached hydrogens (tertiary/aromatic N) is 9. The van der Waals surface area contributed by atoms with E-state index in [0.717, 1.165) is 56.0 Å². The van der Waals surface area contributed by atoms with Gasteiger partial charge in [-0.15, -0.1) is 161 Å². The van der Waals surface area contributed by atoms with Crippen LogP contribution in [0.2, 0.25) is 0 Å². The van der Waals surface area contributed by atoms with Crippen molar-refractivity contribution in [2.24, 2.45) is 0 Å². The molecule has 0 amide bonds. The Kier molecular flexibility index (Phi) is 24.7. The van der Waals surface area contributed by atoms with Crippen molar-refractivity contribution in [3.63, 3.8) is 0 Å². The van der Waals surface area contributed by atoms with Crippen LogP contribution in [0.3, 0.4) is 0 Å². The number of pyridine rings is 9. The number of fused-ring (bicyclic) bond motifs is 9. The van der Waals surface area contributed by atoms with Crippen LogP contribution in [0.15, 0.2) is 232 Å². The summed E-state index contributed by atoms with van der Waals surface area (Å²) in [5.41, 5.74) is 18.8. The average Bonchev–Trinajstić information content (AvgIpc) is 1.58. The van der Waals surface area contributed by atoms with Gasteiger partial charge in [-0.3, -0.25) is 0 Å². The van der Waals surface area contributed by atoms with E-state index >= 15 is 0 Å². The van der Waals surface area contributed by atoms with Crippen LogP contribution in [-0.4, -0.2) is 44.9 Å². The largest absolute Gasteiger partial charge is 0.486 e. The van der Waals surface area contributed by atoms with Gasteiger partial charge < -0.3 is 43.2 Å². The third-order valence-corrected chi connectivity index (χ3v) is 21.0. The van der Waals surface area contributed by atoms with Crippen molar-refractivity contribution in [3.05, 3.63) is 339 Å². The molecule has 6 aromatic carbocycles. The Labute approximate surface area is 838 Å². The van der Waals surface area contributed by atoms with E-state index < -0.39 is 87.3 Å². The summed E-state index contributed by atoms with van der Waals surface area (Å²) in [6.07, 6.45) is 9.05. The van der Waals surface area contributed by atoms with E-state index in [-0.39, 0.29) is 65.9 Å². The number of rotatable bonds is 15. The van der Waals surface area contributed by atoms with E-state index in [1.165, 1.54) is 70.0 Å². The molecular formula is C114H117Ir3N9O3-6. The zero-order valence-corrected chi connectivity index (χ0v) is 82.7. The molecule has 12 aromatic heterocycles. The molecule has 0 bridgehead atoms. The first-order valence-corrected chi connectivity index (χ1v) is 41.4. The third-order valence-electron chi connectivity index (χ3n) is 21.0. The van der Waals surface area contributed by atoms with Crippen LogP contribution in [0.1, 0.15) is 294 Å². The number of hydrogen-bond donors (Lipinski definition) is 0. The summed E-state index contributed by atoms with van der Waals surface area (Å²) in [5, 5.41) is 4.06. The molecule has 3 unspecified atom stereocenters. The molecule has 12 nitrogen and oxygen atoms in total. The molecule has 0 aliphatic rings. The fourth-order valence-corrected chi connectivity index (χ4v) is 14.6. The molecule has 0 saturated heterocycles. The van der Waals surface area contributed by atoms with Gasteiger partial charge in [-0.1, -0.05) is 230 Å². The van der Waals surface area contributed by atoms with Crippen LogP contribution >= 0.6 is 0 Å². The maximum absolute atomic E-state index is 8.77. The minimum Gasteiger partial charge on any atom is -0.486 e. The van der Waals surface area contributed by atoms with Crippen molar-refractivity contribution >= 4 is 66.2 Å². The molecule has 12 heterocycles. The maximum atomic E-state index is 8.77. The minimum absolute atomic E-state index is 0. The molecule has 0 aliphatic carbocycles. The smallest absolute Gasteiger partial charge is 0.216 e. The van der Waals surface area contributed by atoms with Gasteiger partial charge in [0.2, 0.25) is 17.1 Å². The summed E-state index contributed by atoms with van der Waals surface area (Å²) in [6.45, 7) is 21.1. The van der Waals surface area contributed by atoms with Crippen LogP contribution in [0.4, 0.5) is 0 Å². The topological polar surface area (TPSA) is 155 Å². The molecule has 18 rings (SSSR count). The molecule has 0 saturated carbocycles. The summed E-state index contributed by atoms with van der Waals surface area (Å²) >= 11 is 0. The second kappa shape index (κ2) is 45.0. The fraction of sp³-hybridized carbons (Fsp3) is 0.289. The number of furan rings is 3. The van der Waals surface area contributed by atoms with Gasteiger partial charge in [0, 0.05) is 164 Å². The van der Waals surface area contributed by atoms with Gasteiger partial charge in [0.15, 0.2) is 0 Å². The molecule has 129 heavy (non-hydrogen) atoms. The number of benzene rings is 6. The van der Waals surface area contributed by atoms with E-state index in [2.05, 4.69) is 81.3 Å². The van der Waals surface area contributed by atoms with Crippen LogP contribution < -0.4 is 0 Å². The monoisotopic (exact) mass is 2260 g/mol. The third kappa shape index (κ3) is 23.4. The van der Waals surface area contributed by atoms with Crippen molar-refractivity contribution < 1.29 is 106 Å². The van der Waals surface area contributed by atoms with Crippen molar-refractivity contribution in [2.45, 2.75) is 219 Å². The predicted octanol–water partition coefficient (Wildman–Crippen LogP) is 31.1. The Bertz CT molecular complexity index is 7370. The molecule has 0 N–H and O–H groups in total. The minimum atomic E-state index is -2.53. The number of hydrogen-bond acceptors (Lipinski definition) is 12. The van der Waals surface area contributed by atoms with Crippen molar-refractivity contribution in [1.82, 2.24) is 44.9 Å². The number of aryl methyl sites for hydroxylation is 6. The Morgan fingerprint density at radius 2 is 0.636 bits per heavy atom. The fourth-order valence-electron chi connectivity index (χ4n) is 14.6. The summed E-state index contributed by atoms with van der Waals surface area (Å²) in [7, 11) is 0. The first-order valence-electron chi connectivity index (χ1n) is 53.4. The zero-order valence-electron chi connectivity index (χ0n) is 99.5. The van der Waals surface area contributed by atoms with Crippen molar-refractivity contribution in [3.8, 4) is 67.5 Å². The van der Waals surface area contributed by atoms with Gasteiger partial charge in [0.05, 0.1) is 16.7 Å². The quantitative estimate of drug-likeness (QED) is 0.0897. The van der Waals surface area contributed by atoms with Gasteiger partial charge in [-0.2, -0.15) is 0 Å². The van der Waals surface area contributed by atoms with E-state index in [1.807, 2.05) is 124 Å². The summed E-state index contributed by atoms with van der Waals surface area (Å²) in [4.78, 5) is 39.6. The summed E-state index contributed by atoms with van der Waals surface area (Å²) in [6, 6.07) is 72.7. The predicted molar refractivity (Wildman–Crippen MR) is 521 cm³/mol. The van der Waals surface area contributed by atoms with Gasteiger partial charge in [-0.05, 0) is 197 Å². The van der Waals surface area contributed by atoms with E-state index in [0.29, 0.717) is 156 Å². The molecule has 15 heteroatoms. The Morgan fingerprint density at radius 1 is 0.295 bits per heavy atom. The van der Waals surface area contributed by atoms with Crippen LogP contribution in [-0.2, 0) is 60.3 Å². The zero-order chi connectivity index (χ0) is 111. The Balaban J connectivity index is 0.000000194. The van der Waals surface area contributed by atoms with Gasteiger partial charge in [0.1, 0.15) is 0 Å². The Hall–Kier alpha value is -11.0. The van der Waals surface area contributed by atoms with Crippen LogP contribution in [0, 0.1) is 77.8 Å². The number of aromatic nitrogens is 9. The molecule has 0 spiro atoms. The Morgan fingerprint density at radius 3 is 0.930 bits per heavy atom. The van der Waals surface area contributed by atoms with Crippen molar-refractivity contribution in [2.75, 3.05) is 0 Å². The maximum Gasteiger partial charge on any atom is 0.216 e. The van der Waals surface area contributed by atoms with Gasteiger partial charge in [-0.25, -0.2) is 15.0 Å². The second-order valence-electron chi connectivity index (χ2n) is 32.1. The van der Waals surface area contributed by atoms with Crippen LogP contribution in [0.25, 0.3) is 134 Å². The SMILES string of the molecule is [2H]C(C)(C)c1cc(C)nc2oc3c(-c4cc(C([2H])(C)C([2H])([2H])[2H])ccn4)[c-]cc(C([2H])(C)C)c3c12.[2H]C(C)(C)c1cc(C)nc2oc3c(-c4cc(C([2H])(C)C([2H])([2H])[2H])ccn4)[c-]cc(C([2H])(C)C)c3c12.[2H]C(C)(C)c1cc(C)nc2oc3c(-c4cc(C([2H])(C)C([2H])([2H])[2H])ccn4)[c-]cc(C([2H])(C)C)c3c12.[2H]C([2H])([2H])c1ccc(-c2[c-]cccc2)nc1.[2H]C([2H])([2H])c1cnc(-c2[c-]cccc2)cc1C.[Ir].[Ir].[Ir].[c-]1ccccc1-c1ccccn1. The second-order valence-corrected chi connectivity index (χ2v) is 32.1. The molecule has 3 radical (unpaired) electrons. The van der Waals surface area contributed by atoms with E-state index in [4.69, 9.17) is 46.1 Å². The summed E-state index contributed by atoms with van der Waals surface area (Å²) in [5.74, 6) is -11.3. The van der Waals surface area contributed by atoms with Gasteiger partial charge in [0.25, 0.3) is 0 Å². The molecule has 0 fully saturated rings. The average molecular weight is 2260 g/mol. The normalized spacial score (nSPS) is 16.3. The van der Waals surface area contributed by atoms with Crippen molar-refractivity contribution in [1.29, 1.82) is 0 Å². The molecule has 669 valence electrons. The van der Waals surface area contributed by atoms with E-state index in [1.54, 1.807) is 157 Å². The molecular weight excluding hydrogens is 2120 g/mol.